The molecule has 1 fully saturated rings. The second kappa shape index (κ2) is 8.06. The maximum absolute atomic E-state index is 12.1. The van der Waals surface area contributed by atoms with Gasteiger partial charge in [0.15, 0.2) is 0 Å². The van der Waals surface area contributed by atoms with Crippen LogP contribution in [-0.2, 0) is 15.0 Å². The zero-order chi connectivity index (χ0) is 17.7. The van der Waals surface area contributed by atoms with Crippen LogP contribution in [0.5, 0.6) is 0 Å². The molecule has 1 aromatic carbocycles. The number of nitrogens with one attached hydrogen (secondary N) is 1. The van der Waals surface area contributed by atoms with Crippen molar-refractivity contribution in [1.29, 1.82) is 0 Å². The predicted octanol–water partition coefficient (Wildman–Crippen LogP) is 3.84. The lowest BCUT2D eigenvalue weighted by Crippen LogP contribution is -2.39. The molecule has 0 bridgehead atoms. The summed E-state index contributed by atoms with van der Waals surface area (Å²) in [7, 11) is 0. The Balaban J connectivity index is 1.75. The van der Waals surface area contributed by atoms with Crippen molar-refractivity contribution in [2.45, 2.75) is 62.8 Å². The van der Waals surface area contributed by atoms with Gasteiger partial charge >= 0.3 is 5.97 Å². The molecule has 2 N–H and O–H groups in total. The number of carboxylic acids is 1. The second-order valence-electron chi connectivity index (χ2n) is 7.52. The van der Waals surface area contributed by atoms with Gasteiger partial charge in [-0.05, 0) is 48.8 Å². The Morgan fingerprint density at radius 2 is 1.71 bits per heavy atom. The second-order valence-corrected chi connectivity index (χ2v) is 8.57. The average molecular weight is 349 g/mol. The molecule has 1 saturated carbocycles. The highest BCUT2D eigenvalue weighted by Gasteiger charge is 2.26. The fraction of sp³-hybridized carbons (Fsp3) is 0.579. The van der Waals surface area contributed by atoms with Gasteiger partial charge in [-0.1, -0.05) is 32.9 Å². The van der Waals surface area contributed by atoms with E-state index < -0.39 is 5.97 Å². The van der Waals surface area contributed by atoms with Crippen LogP contribution in [-0.4, -0.2) is 28.8 Å². The lowest BCUT2D eigenvalue weighted by molar-refractivity contribution is -0.142. The minimum Gasteiger partial charge on any atom is -0.481 e. The van der Waals surface area contributed by atoms with E-state index in [0.717, 1.165) is 17.7 Å². The van der Waals surface area contributed by atoms with Gasteiger partial charge < -0.3 is 10.4 Å². The van der Waals surface area contributed by atoms with Crippen molar-refractivity contribution in [1.82, 2.24) is 5.32 Å². The molecule has 0 unspecified atom stereocenters. The number of carbonyl (C=O) groups is 2. The van der Waals surface area contributed by atoms with E-state index in [-0.39, 0.29) is 23.3 Å². The number of thioether (sulfide) groups is 1. The van der Waals surface area contributed by atoms with Gasteiger partial charge in [0.05, 0.1) is 11.7 Å². The van der Waals surface area contributed by atoms with E-state index in [4.69, 9.17) is 5.11 Å². The molecule has 2 rings (SSSR count). The van der Waals surface area contributed by atoms with Gasteiger partial charge in [-0.3, -0.25) is 9.59 Å². The fourth-order valence-electron chi connectivity index (χ4n) is 2.95. The molecule has 4 nitrogen and oxygen atoms in total. The maximum atomic E-state index is 12.1. The van der Waals surface area contributed by atoms with Crippen LogP contribution in [0.15, 0.2) is 29.2 Å². The molecule has 0 aromatic heterocycles. The molecule has 1 amide bonds. The number of carbonyl (C=O) groups excluding carboxylic acids is 1. The Hall–Kier alpha value is -1.49. The summed E-state index contributed by atoms with van der Waals surface area (Å²) in [5, 5.41) is 12.0. The molecule has 0 radical (unpaired) electrons. The van der Waals surface area contributed by atoms with E-state index in [0.29, 0.717) is 18.6 Å². The van der Waals surface area contributed by atoms with E-state index >= 15 is 0 Å². The number of carboxylic acid groups (broad SMARTS) is 1. The normalized spacial score (nSPS) is 21.3. The zero-order valence-corrected chi connectivity index (χ0v) is 15.5. The molecule has 0 spiro atoms. The summed E-state index contributed by atoms with van der Waals surface area (Å²) < 4.78 is 0. The monoisotopic (exact) mass is 349 g/mol. The quantitative estimate of drug-likeness (QED) is 0.793. The first-order valence-corrected chi connectivity index (χ1v) is 9.50. The molecule has 0 atom stereocenters. The molecule has 0 aliphatic heterocycles. The highest BCUT2D eigenvalue weighted by Crippen LogP contribution is 2.26. The smallest absolute Gasteiger partial charge is 0.306 e. The van der Waals surface area contributed by atoms with Crippen LogP contribution in [0.4, 0.5) is 0 Å². The van der Waals surface area contributed by atoms with Gasteiger partial charge in [0.2, 0.25) is 5.91 Å². The lowest BCUT2D eigenvalue weighted by atomic mass is 9.86. The van der Waals surface area contributed by atoms with Crippen molar-refractivity contribution in [3.8, 4) is 0 Å². The van der Waals surface area contributed by atoms with Gasteiger partial charge in [-0.25, -0.2) is 0 Å². The Kier molecular flexibility index (Phi) is 6.33. The van der Waals surface area contributed by atoms with Crippen molar-refractivity contribution in [3.05, 3.63) is 29.8 Å². The van der Waals surface area contributed by atoms with Crippen LogP contribution in [0.3, 0.4) is 0 Å². The minimum atomic E-state index is -0.714. The summed E-state index contributed by atoms with van der Waals surface area (Å²) in [6, 6.07) is 8.49. The first-order chi connectivity index (χ1) is 11.3. The summed E-state index contributed by atoms with van der Waals surface area (Å²) in [5.41, 5.74) is 1.42. The van der Waals surface area contributed by atoms with Crippen molar-refractivity contribution in [2.24, 2.45) is 5.92 Å². The third-order valence-electron chi connectivity index (χ3n) is 4.53. The number of hydrogen-bond acceptors (Lipinski definition) is 3. The first-order valence-electron chi connectivity index (χ1n) is 8.51. The summed E-state index contributed by atoms with van der Waals surface area (Å²) in [6.45, 7) is 6.55. The van der Waals surface area contributed by atoms with Crippen molar-refractivity contribution < 1.29 is 14.7 Å². The third kappa shape index (κ3) is 5.55. The molecule has 1 aliphatic carbocycles. The predicted molar refractivity (Wildman–Crippen MR) is 97.4 cm³/mol. The van der Waals surface area contributed by atoms with Crippen LogP contribution in [0.2, 0.25) is 0 Å². The van der Waals surface area contributed by atoms with Gasteiger partial charge in [0.25, 0.3) is 0 Å². The lowest BCUT2D eigenvalue weighted by Gasteiger charge is -2.26. The minimum absolute atomic E-state index is 0.0265. The van der Waals surface area contributed by atoms with Crippen molar-refractivity contribution in [2.75, 3.05) is 5.75 Å². The summed E-state index contributed by atoms with van der Waals surface area (Å²) in [5.74, 6) is -0.533. The average Bonchev–Trinajstić information content (AvgIpc) is 2.53. The number of aliphatic carboxylic acids is 1. The van der Waals surface area contributed by atoms with Gasteiger partial charge in [-0.2, -0.15) is 0 Å². The highest BCUT2D eigenvalue weighted by molar-refractivity contribution is 8.00. The van der Waals surface area contributed by atoms with Crippen LogP contribution >= 0.6 is 11.8 Å². The van der Waals surface area contributed by atoms with Crippen LogP contribution in [0.1, 0.15) is 52.0 Å². The van der Waals surface area contributed by atoms with E-state index in [2.05, 4.69) is 50.4 Å². The number of benzene rings is 1. The fourth-order valence-corrected chi connectivity index (χ4v) is 3.66. The summed E-state index contributed by atoms with van der Waals surface area (Å²) in [4.78, 5) is 24.1. The number of amides is 1. The Labute approximate surface area is 148 Å². The van der Waals surface area contributed by atoms with Gasteiger partial charge in [0, 0.05) is 10.9 Å². The van der Waals surface area contributed by atoms with Crippen LogP contribution in [0.25, 0.3) is 0 Å². The Morgan fingerprint density at radius 1 is 1.12 bits per heavy atom. The largest absolute Gasteiger partial charge is 0.481 e. The number of rotatable bonds is 5. The van der Waals surface area contributed by atoms with Crippen molar-refractivity contribution >= 4 is 23.6 Å². The molecule has 132 valence electrons. The summed E-state index contributed by atoms with van der Waals surface area (Å²) in [6.07, 6.45) is 2.82. The van der Waals surface area contributed by atoms with Gasteiger partial charge in [0.1, 0.15) is 0 Å². The molecule has 1 aliphatic rings. The Bertz CT molecular complexity index is 569. The molecule has 24 heavy (non-hydrogen) atoms. The van der Waals surface area contributed by atoms with E-state index in [9.17, 15) is 9.59 Å². The molecule has 0 heterocycles. The highest BCUT2D eigenvalue weighted by atomic mass is 32.2. The third-order valence-corrected chi connectivity index (χ3v) is 5.54. The van der Waals surface area contributed by atoms with Crippen LogP contribution in [0, 0.1) is 5.92 Å². The number of hydrogen-bond donors (Lipinski definition) is 2. The maximum Gasteiger partial charge on any atom is 0.306 e. The van der Waals surface area contributed by atoms with Gasteiger partial charge in [-0.15, -0.1) is 11.8 Å². The van der Waals surface area contributed by atoms with E-state index in [1.165, 1.54) is 17.3 Å². The standard InChI is InChI=1S/C19H27NO3S/c1-19(2,3)14-6-10-16(11-7-14)24-12-17(21)20-15-8-4-13(5-9-15)18(22)23/h6-7,10-11,13,15H,4-5,8-9,12H2,1-3H3,(H,20,21)(H,22,23). The molecule has 1 aromatic rings. The van der Waals surface area contributed by atoms with E-state index in [1.54, 1.807) is 0 Å². The van der Waals surface area contributed by atoms with Crippen LogP contribution < -0.4 is 5.32 Å². The molecular formula is C19H27NO3S. The summed E-state index contributed by atoms with van der Waals surface area (Å²) >= 11 is 1.54. The molecular weight excluding hydrogens is 322 g/mol. The van der Waals surface area contributed by atoms with Crippen molar-refractivity contribution in [3.63, 3.8) is 0 Å². The molecule has 5 heteroatoms. The zero-order valence-electron chi connectivity index (χ0n) is 14.7. The molecule has 0 saturated heterocycles. The SMILES string of the molecule is CC(C)(C)c1ccc(SCC(=O)NC2CCC(C(=O)O)CC2)cc1. The topological polar surface area (TPSA) is 66.4 Å². The van der Waals surface area contributed by atoms with E-state index in [1.807, 2.05) is 0 Å². The Morgan fingerprint density at radius 3 is 2.21 bits per heavy atom. The first kappa shape index (κ1) is 18.8.